The van der Waals surface area contributed by atoms with E-state index in [2.05, 4.69) is 4.98 Å². The number of fused-ring (bicyclic) bond motifs is 1. The van der Waals surface area contributed by atoms with E-state index in [1.807, 2.05) is 30.5 Å². The molecule has 0 spiro atoms. The topological polar surface area (TPSA) is 62.0 Å². The molecule has 1 aromatic carbocycles. The molecule has 1 heterocycles. The Morgan fingerprint density at radius 3 is 2.93 bits per heavy atom. The highest BCUT2D eigenvalue weighted by atomic mass is 16.3. The number of hydrogen-bond acceptors (Lipinski definition) is 2. The van der Waals surface area contributed by atoms with Crippen molar-refractivity contribution in [1.82, 2.24) is 4.98 Å². The molecular formula is C11H14N2O. The first-order chi connectivity index (χ1) is 6.63. The fraction of sp³-hybridized carbons (Fsp3) is 0.273. The fourth-order valence-corrected chi connectivity index (χ4v) is 1.51. The molecule has 0 bridgehead atoms. The molecule has 0 aliphatic carbocycles. The number of aromatic amines is 1. The van der Waals surface area contributed by atoms with Crippen LogP contribution in [0.1, 0.15) is 12.5 Å². The molecule has 1 aromatic heterocycles. The molecule has 0 saturated heterocycles. The highest BCUT2D eigenvalue weighted by molar-refractivity contribution is 5.80. The normalized spacial score (nSPS) is 15.6. The predicted octanol–water partition coefficient (Wildman–Crippen LogP) is 1.33. The summed E-state index contributed by atoms with van der Waals surface area (Å²) >= 11 is 0. The summed E-state index contributed by atoms with van der Waals surface area (Å²) in [4.78, 5) is 3.10. The number of nitrogens with one attached hydrogen (secondary N) is 1. The lowest BCUT2D eigenvalue weighted by molar-refractivity contribution is 0.0670. The number of hydrogen-bond donors (Lipinski definition) is 3. The van der Waals surface area contributed by atoms with Gasteiger partial charge in [0.25, 0.3) is 0 Å². The SMILES string of the molecule is CC(O)(CN)c1ccc2[nH]ccc2c1. The third-order valence-electron chi connectivity index (χ3n) is 2.57. The van der Waals surface area contributed by atoms with Crippen LogP contribution in [0.3, 0.4) is 0 Å². The van der Waals surface area contributed by atoms with Crippen molar-refractivity contribution in [1.29, 1.82) is 0 Å². The van der Waals surface area contributed by atoms with E-state index in [-0.39, 0.29) is 6.54 Å². The van der Waals surface area contributed by atoms with E-state index < -0.39 is 5.60 Å². The van der Waals surface area contributed by atoms with Gasteiger partial charge < -0.3 is 15.8 Å². The summed E-state index contributed by atoms with van der Waals surface area (Å²) in [7, 11) is 0. The van der Waals surface area contributed by atoms with E-state index in [4.69, 9.17) is 5.73 Å². The van der Waals surface area contributed by atoms with Crippen LogP contribution in [-0.2, 0) is 5.60 Å². The van der Waals surface area contributed by atoms with Crippen molar-refractivity contribution >= 4 is 10.9 Å². The lowest BCUT2D eigenvalue weighted by Crippen LogP contribution is -2.31. The fourth-order valence-electron chi connectivity index (χ4n) is 1.51. The van der Waals surface area contributed by atoms with Gasteiger partial charge in [0.2, 0.25) is 0 Å². The largest absolute Gasteiger partial charge is 0.384 e. The van der Waals surface area contributed by atoms with Crippen molar-refractivity contribution in [3.8, 4) is 0 Å². The molecule has 3 nitrogen and oxygen atoms in total. The Morgan fingerprint density at radius 2 is 2.21 bits per heavy atom. The van der Waals surface area contributed by atoms with Gasteiger partial charge in [-0.1, -0.05) is 6.07 Å². The summed E-state index contributed by atoms with van der Waals surface area (Å²) in [6.07, 6.45) is 1.88. The molecule has 0 amide bonds. The number of nitrogens with two attached hydrogens (primary N) is 1. The molecule has 2 aromatic rings. The number of aromatic nitrogens is 1. The third-order valence-corrected chi connectivity index (χ3v) is 2.57. The second-order valence-corrected chi connectivity index (χ2v) is 3.76. The van der Waals surface area contributed by atoms with Crippen molar-refractivity contribution in [3.63, 3.8) is 0 Å². The smallest absolute Gasteiger partial charge is 0.0990 e. The van der Waals surface area contributed by atoms with Crippen LogP contribution in [0.25, 0.3) is 10.9 Å². The van der Waals surface area contributed by atoms with Crippen molar-refractivity contribution < 1.29 is 5.11 Å². The van der Waals surface area contributed by atoms with E-state index in [0.29, 0.717) is 0 Å². The van der Waals surface area contributed by atoms with Crippen molar-refractivity contribution in [2.24, 2.45) is 5.73 Å². The molecule has 0 radical (unpaired) electrons. The molecule has 1 atom stereocenters. The number of H-pyrrole nitrogens is 1. The van der Waals surface area contributed by atoms with Gasteiger partial charge in [-0.3, -0.25) is 0 Å². The molecule has 0 saturated carbocycles. The van der Waals surface area contributed by atoms with Crippen LogP contribution < -0.4 is 5.73 Å². The van der Waals surface area contributed by atoms with E-state index in [9.17, 15) is 5.11 Å². The maximum Gasteiger partial charge on any atom is 0.0990 e. The van der Waals surface area contributed by atoms with Gasteiger partial charge in [-0.05, 0) is 36.1 Å². The van der Waals surface area contributed by atoms with Crippen molar-refractivity contribution in [2.75, 3.05) is 6.54 Å². The summed E-state index contributed by atoms with van der Waals surface area (Å²) < 4.78 is 0. The van der Waals surface area contributed by atoms with Crippen molar-refractivity contribution in [2.45, 2.75) is 12.5 Å². The molecule has 14 heavy (non-hydrogen) atoms. The lowest BCUT2D eigenvalue weighted by atomic mass is 9.95. The van der Waals surface area contributed by atoms with E-state index in [1.54, 1.807) is 6.92 Å². The van der Waals surface area contributed by atoms with Crippen LogP contribution in [0.15, 0.2) is 30.5 Å². The first-order valence-corrected chi connectivity index (χ1v) is 4.63. The Balaban J connectivity index is 2.53. The molecular weight excluding hydrogens is 176 g/mol. The zero-order chi connectivity index (χ0) is 10.2. The average Bonchev–Trinajstić information content (AvgIpc) is 2.64. The third kappa shape index (κ3) is 1.41. The van der Waals surface area contributed by atoms with Gasteiger partial charge in [0.05, 0.1) is 5.60 Å². The van der Waals surface area contributed by atoms with E-state index in [1.165, 1.54) is 0 Å². The molecule has 1 unspecified atom stereocenters. The zero-order valence-electron chi connectivity index (χ0n) is 8.12. The molecule has 4 N–H and O–H groups in total. The maximum atomic E-state index is 9.96. The van der Waals surface area contributed by atoms with Crippen LogP contribution in [0, 0.1) is 0 Å². The minimum Gasteiger partial charge on any atom is -0.384 e. The summed E-state index contributed by atoms with van der Waals surface area (Å²) in [5.74, 6) is 0. The van der Waals surface area contributed by atoms with Crippen LogP contribution in [-0.4, -0.2) is 16.6 Å². The molecule has 0 fully saturated rings. The highest BCUT2D eigenvalue weighted by Gasteiger charge is 2.20. The monoisotopic (exact) mass is 190 g/mol. The first-order valence-electron chi connectivity index (χ1n) is 4.63. The summed E-state index contributed by atoms with van der Waals surface area (Å²) in [6, 6.07) is 7.78. The van der Waals surface area contributed by atoms with Gasteiger partial charge in [0, 0.05) is 18.3 Å². The van der Waals surface area contributed by atoms with Gasteiger partial charge in [-0.15, -0.1) is 0 Å². The summed E-state index contributed by atoms with van der Waals surface area (Å²) in [5.41, 5.74) is 6.49. The predicted molar refractivity (Wildman–Crippen MR) is 56.9 cm³/mol. The number of rotatable bonds is 2. The van der Waals surface area contributed by atoms with Crippen LogP contribution >= 0.6 is 0 Å². The average molecular weight is 190 g/mol. The minimum atomic E-state index is -0.939. The Hall–Kier alpha value is -1.32. The Morgan fingerprint density at radius 1 is 1.43 bits per heavy atom. The second kappa shape index (κ2) is 3.12. The highest BCUT2D eigenvalue weighted by Crippen LogP contribution is 2.23. The van der Waals surface area contributed by atoms with Gasteiger partial charge in [-0.25, -0.2) is 0 Å². The molecule has 3 heteroatoms. The maximum absolute atomic E-state index is 9.96. The van der Waals surface area contributed by atoms with Gasteiger partial charge in [0.1, 0.15) is 0 Å². The van der Waals surface area contributed by atoms with Crippen LogP contribution in [0.4, 0.5) is 0 Å². The van der Waals surface area contributed by atoms with E-state index >= 15 is 0 Å². The van der Waals surface area contributed by atoms with Gasteiger partial charge >= 0.3 is 0 Å². The van der Waals surface area contributed by atoms with Crippen molar-refractivity contribution in [3.05, 3.63) is 36.0 Å². The van der Waals surface area contributed by atoms with Gasteiger partial charge in [-0.2, -0.15) is 0 Å². The van der Waals surface area contributed by atoms with E-state index in [0.717, 1.165) is 16.5 Å². The molecule has 0 aliphatic rings. The van der Waals surface area contributed by atoms with Gasteiger partial charge in [0.15, 0.2) is 0 Å². The second-order valence-electron chi connectivity index (χ2n) is 3.76. The minimum absolute atomic E-state index is 0.225. The lowest BCUT2D eigenvalue weighted by Gasteiger charge is -2.21. The Kier molecular flexibility index (Phi) is 2.06. The Bertz CT molecular complexity index is 445. The van der Waals surface area contributed by atoms with Crippen LogP contribution in [0.5, 0.6) is 0 Å². The molecule has 2 rings (SSSR count). The Labute approximate surface area is 82.6 Å². The molecule has 0 aliphatic heterocycles. The van der Waals surface area contributed by atoms with Crippen LogP contribution in [0.2, 0.25) is 0 Å². The standard InChI is InChI=1S/C11H14N2O/c1-11(14,7-12)9-2-3-10-8(6-9)4-5-13-10/h2-6,13-14H,7,12H2,1H3. The summed E-state index contributed by atoms with van der Waals surface area (Å²) in [6.45, 7) is 1.95. The molecule has 74 valence electrons. The first kappa shape index (κ1) is 9.24. The number of aliphatic hydroxyl groups is 1. The summed E-state index contributed by atoms with van der Waals surface area (Å²) in [5, 5.41) is 11.1. The number of benzene rings is 1. The zero-order valence-corrected chi connectivity index (χ0v) is 8.12. The quantitative estimate of drug-likeness (QED) is 0.669.